The molecule has 0 saturated carbocycles. The van der Waals surface area contributed by atoms with Gasteiger partial charge in [0.1, 0.15) is 23.7 Å². The summed E-state index contributed by atoms with van der Waals surface area (Å²) in [6, 6.07) is 12.7. The predicted molar refractivity (Wildman–Crippen MR) is 109 cm³/mol. The van der Waals surface area contributed by atoms with Gasteiger partial charge in [-0.25, -0.2) is 14.6 Å². The van der Waals surface area contributed by atoms with Crippen molar-refractivity contribution in [2.75, 3.05) is 13.2 Å². The van der Waals surface area contributed by atoms with Gasteiger partial charge in [0.15, 0.2) is 0 Å². The first kappa shape index (κ1) is 19.7. The Morgan fingerprint density at radius 3 is 2.83 bits per heavy atom. The van der Waals surface area contributed by atoms with Crippen LogP contribution in [0, 0.1) is 11.3 Å². The minimum absolute atomic E-state index is 0.0664. The number of hydrogen-bond acceptors (Lipinski definition) is 7. The maximum absolute atomic E-state index is 11.5. The molecule has 1 aliphatic rings. The minimum Gasteiger partial charge on any atom is -0.489 e. The lowest BCUT2D eigenvalue weighted by Gasteiger charge is -2.23. The topological polar surface area (TPSA) is 103 Å². The summed E-state index contributed by atoms with van der Waals surface area (Å²) in [6.07, 6.45) is 3.79. The summed E-state index contributed by atoms with van der Waals surface area (Å²) in [5, 5.41) is 13.8. The van der Waals surface area contributed by atoms with E-state index in [-0.39, 0.29) is 11.7 Å². The number of nitriles is 1. The summed E-state index contributed by atoms with van der Waals surface area (Å²) in [5.74, 6) is 1.16. The molecule has 8 heteroatoms. The van der Waals surface area contributed by atoms with Crippen molar-refractivity contribution in [1.29, 1.82) is 5.26 Å². The summed E-state index contributed by atoms with van der Waals surface area (Å²) in [5.41, 5.74) is 2.52. The number of aryl methyl sites for hydroxylation is 1. The van der Waals surface area contributed by atoms with Crippen LogP contribution in [0.5, 0.6) is 5.75 Å². The van der Waals surface area contributed by atoms with Gasteiger partial charge in [0.25, 0.3) is 5.56 Å². The van der Waals surface area contributed by atoms with Gasteiger partial charge in [0.05, 0.1) is 36.6 Å². The number of aromatic nitrogens is 4. The summed E-state index contributed by atoms with van der Waals surface area (Å²) in [7, 11) is 1.61. The van der Waals surface area contributed by atoms with E-state index < -0.39 is 0 Å². The zero-order valence-corrected chi connectivity index (χ0v) is 16.6. The van der Waals surface area contributed by atoms with Crippen LogP contribution in [0.4, 0.5) is 0 Å². The quantitative estimate of drug-likeness (QED) is 0.644. The van der Waals surface area contributed by atoms with Gasteiger partial charge in [-0.1, -0.05) is 0 Å². The Hall–Kier alpha value is -3.57. The molecule has 0 atom stereocenters. The lowest BCUT2D eigenvalue weighted by atomic mass is 10.1. The molecule has 152 valence electrons. The standard InChI is InChI=1S/C22H21N5O3/c1-27-22(28)5-3-17(26-27)13-21-24-9-6-19(25-21)15-2-4-20(16(12-15)14-23)30-18-7-10-29-11-8-18/h2-6,9,12,18H,7-8,10-11,13H2,1H3. The molecule has 1 saturated heterocycles. The molecule has 4 rings (SSSR count). The SMILES string of the molecule is Cn1nc(Cc2nccc(-c3ccc(OC4CCOCC4)c(C#N)c3)n2)ccc1=O. The molecule has 3 heterocycles. The summed E-state index contributed by atoms with van der Waals surface area (Å²) in [6.45, 7) is 1.36. The molecule has 0 amide bonds. The largest absolute Gasteiger partial charge is 0.489 e. The Morgan fingerprint density at radius 2 is 2.07 bits per heavy atom. The highest BCUT2D eigenvalue weighted by molar-refractivity contribution is 5.64. The normalized spacial score (nSPS) is 14.3. The zero-order chi connectivity index (χ0) is 20.9. The number of benzene rings is 1. The molecule has 1 aliphatic heterocycles. The fourth-order valence-corrected chi connectivity index (χ4v) is 3.30. The second-order valence-electron chi connectivity index (χ2n) is 7.07. The third-order valence-electron chi connectivity index (χ3n) is 4.92. The number of ether oxygens (including phenoxy) is 2. The smallest absolute Gasteiger partial charge is 0.266 e. The number of nitrogens with zero attached hydrogens (tertiary/aromatic N) is 5. The van der Waals surface area contributed by atoms with Gasteiger partial charge in [-0.05, 0) is 30.3 Å². The van der Waals surface area contributed by atoms with Crippen LogP contribution in [0.25, 0.3) is 11.3 Å². The maximum Gasteiger partial charge on any atom is 0.266 e. The molecular formula is C22H21N5O3. The van der Waals surface area contributed by atoms with Crippen LogP contribution >= 0.6 is 0 Å². The maximum atomic E-state index is 11.5. The van der Waals surface area contributed by atoms with E-state index in [9.17, 15) is 10.1 Å². The molecule has 0 radical (unpaired) electrons. The third-order valence-corrected chi connectivity index (χ3v) is 4.92. The molecule has 2 aromatic heterocycles. The lowest BCUT2D eigenvalue weighted by Crippen LogP contribution is -2.26. The van der Waals surface area contributed by atoms with Crippen molar-refractivity contribution in [2.45, 2.75) is 25.4 Å². The molecule has 0 aliphatic carbocycles. The van der Waals surface area contributed by atoms with Crippen molar-refractivity contribution in [3.05, 3.63) is 70.0 Å². The van der Waals surface area contributed by atoms with Crippen LogP contribution in [0.15, 0.2) is 47.4 Å². The summed E-state index contributed by atoms with van der Waals surface area (Å²) >= 11 is 0. The predicted octanol–water partition coefficient (Wildman–Crippen LogP) is 2.26. The van der Waals surface area contributed by atoms with E-state index in [1.54, 1.807) is 31.4 Å². The molecule has 0 N–H and O–H groups in total. The van der Waals surface area contributed by atoms with Gasteiger partial charge < -0.3 is 9.47 Å². The van der Waals surface area contributed by atoms with Crippen molar-refractivity contribution >= 4 is 0 Å². The van der Waals surface area contributed by atoms with E-state index in [2.05, 4.69) is 21.1 Å². The monoisotopic (exact) mass is 403 g/mol. The van der Waals surface area contributed by atoms with E-state index in [4.69, 9.17) is 9.47 Å². The van der Waals surface area contributed by atoms with Crippen molar-refractivity contribution in [3.8, 4) is 23.1 Å². The van der Waals surface area contributed by atoms with Crippen molar-refractivity contribution in [2.24, 2.45) is 7.05 Å². The molecular weight excluding hydrogens is 382 g/mol. The van der Waals surface area contributed by atoms with Gasteiger partial charge in [-0.2, -0.15) is 10.4 Å². The van der Waals surface area contributed by atoms with Gasteiger partial charge in [0.2, 0.25) is 0 Å². The molecule has 0 bridgehead atoms. The Bertz CT molecular complexity index is 1150. The third kappa shape index (κ3) is 4.53. The highest BCUT2D eigenvalue weighted by atomic mass is 16.5. The number of hydrogen-bond donors (Lipinski definition) is 0. The van der Waals surface area contributed by atoms with Crippen molar-refractivity contribution in [3.63, 3.8) is 0 Å². The Balaban J connectivity index is 1.56. The van der Waals surface area contributed by atoms with Crippen LogP contribution in [-0.4, -0.2) is 39.1 Å². The summed E-state index contributed by atoms with van der Waals surface area (Å²) in [4.78, 5) is 20.4. The highest BCUT2D eigenvalue weighted by Gasteiger charge is 2.17. The van der Waals surface area contributed by atoms with E-state index >= 15 is 0 Å². The van der Waals surface area contributed by atoms with Crippen LogP contribution in [-0.2, 0) is 18.2 Å². The van der Waals surface area contributed by atoms with Crippen molar-refractivity contribution in [1.82, 2.24) is 19.7 Å². The molecule has 1 aromatic carbocycles. The first-order valence-corrected chi connectivity index (χ1v) is 9.76. The van der Waals surface area contributed by atoms with Crippen LogP contribution < -0.4 is 10.3 Å². The first-order chi connectivity index (χ1) is 14.6. The second-order valence-corrected chi connectivity index (χ2v) is 7.07. The molecule has 1 fully saturated rings. The van der Waals surface area contributed by atoms with E-state index in [1.165, 1.54) is 10.7 Å². The Morgan fingerprint density at radius 1 is 1.23 bits per heavy atom. The Labute approximate surface area is 173 Å². The minimum atomic E-state index is -0.166. The van der Waals surface area contributed by atoms with Gasteiger partial charge in [0, 0.05) is 37.7 Å². The average molecular weight is 403 g/mol. The van der Waals surface area contributed by atoms with Gasteiger partial charge in [-0.15, -0.1) is 0 Å². The molecule has 8 nitrogen and oxygen atoms in total. The fourth-order valence-electron chi connectivity index (χ4n) is 3.30. The fraction of sp³-hybridized carbons (Fsp3) is 0.318. The van der Waals surface area contributed by atoms with E-state index in [0.29, 0.717) is 48.2 Å². The van der Waals surface area contributed by atoms with Gasteiger partial charge >= 0.3 is 0 Å². The van der Waals surface area contributed by atoms with Crippen LogP contribution in [0.1, 0.15) is 29.9 Å². The lowest BCUT2D eigenvalue weighted by molar-refractivity contribution is 0.0254. The van der Waals surface area contributed by atoms with Crippen molar-refractivity contribution < 1.29 is 9.47 Å². The average Bonchev–Trinajstić information content (AvgIpc) is 2.77. The second kappa shape index (κ2) is 8.84. The zero-order valence-electron chi connectivity index (χ0n) is 16.6. The van der Waals surface area contributed by atoms with Gasteiger partial charge in [-0.3, -0.25) is 4.79 Å². The molecule has 0 unspecified atom stereocenters. The molecule has 0 spiro atoms. The molecule has 30 heavy (non-hydrogen) atoms. The van der Waals surface area contributed by atoms with Crippen LogP contribution in [0.2, 0.25) is 0 Å². The Kier molecular flexibility index (Phi) is 5.82. The van der Waals surface area contributed by atoms with E-state index in [0.717, 1.165) is 18.4 Å². The summed E-state index contributed by atoms with van der Waals surface area (Å²) < 4.78 is 12.7. The first-order valence-electron chi connectivity index (χ1n) is 9.76. The highest BCUT2D eigenvalue weighted by Crippen LogP contribution is 2.27. The molecule has 3 aromatic rings. The number of rotatable bonds is 5. The van der Waals surface area contributed by atoms with E-state index in [1.807, 2.05) is 12.1 Å². The van der Waals surface area contributed by atoms with Crippen LogP contribution in [0.3, 0.4) is 0 Å².